The number of carbonyl (C=O) groups is 1. The van der Waals surface area contributed by atoms with Crippen molar-refractivity contribution in [3.05, 3.63) is 34.5 Å². The number of benzene rings is 1. The van der Waals surface area contributed by atoms with Crippen LogP contribution in [0.2, 0.25) is 5.02 Å². The zero-order chi connectivity index (χ0) is 19.7. The number of hydrogen-bond donors (Lipinski definition) is 3. The van der Waals surface area contributed by atoms with Gasteiger partial charge in [0.25, 0.3) is 0 Å². The van der Waals surface area contributed by atoms with Gasteiger partial charge in [0.2, 0.25) is 11.9 Å². The van der Waals surface area contributed by atoms with E-state index in [1.165, 1.54) is 5.56 Å². The molecule has 4 N–H and O–H groups in total. The molecule has 156 valence electrons. The van der Waals surface area contributed by atoms with E-state index in [0.717, 1.165) is 62.4 Å². The average molecular weight is 437 g/mol. The summed E-state index contributed by atoms with van der Waals surface area (Å²) in [4.78, 5) is 23.3. The van der Waals surface area contributed by atoms with E-state index in [9.17, 15) is 4.79 Å². The summed E-state index contributed by atoms with van der Waals surface area (Å²) in [7, 11) is 0. The lowest BCUT2D eigenvalue weighted by Crippen LogP contribution is -2.47. The molecular weight excluding hydrogens is 411 g/mol. The van der Waals surface area contributed by atoms with Crippen molar-refractivity contribution in [2.24, 2.45) is 0 Å². The first-order valence-corrected chi connectivity index (χ1v) is 10.1. The zero-order valence-corrected chi connectivity index (χ0v) is 17.9. The lowest BCUT2D eigenvalue weighted by molar-refractivity contribution is -0.119. The molecule has 2 aromatic rings. The highest BCUT2D eigenvalue weighted by Gasteiger charge is 2.27. The van der Waals surface area contributed by atoms with Crippen LogP contribution in [0.1, 0.15) is 37.4 Å². The number of carbonyl (C=O) groups excluding carboxylic acids is 1. The maximum atomic E-state index is 11.5. The van der Waals surface area contributed by atoms with Gasteiger partial charge in [-0.05, 0) is 50.3 Å². The summed E-state index contributed by atoms with van der Waals surface area (Å²) in [6.45, 7) is 3.28. The average Bonchev–Trinajstić information content (AvgIpc) is 3.12. The molecule has 9 heteroatoms. The van der Waals surface area contributed by atoms with Crippen molar-refractivity contribution in [3.63, 3.8) is 0 Å². The van der Waals surface area contributed by atoms with Crippen LogP contribution in [0.3, 0.4) is 0 Å². The minimum atomic E-state index is 0. The number of anilines is 4. The Morgan fingerprint density at radius 1 is 1.28 bits per heavy atom. The fourth-order valence-electron chi connectivity index (χ4n) is 4.06. The molecule has 0 spiro atoms. The quantitative estimate of drug-likeness (QED) is 0.634. The molecule has 1 fully saturated rings. The molecule has 2 aliphatic rings. The van der Waals surface area contributed by atoms with Gasteiger partial charge >= 0.3 is 0 Å². The SMILES string of the molecule is CC(=O)N[C@@H]1CCCN(c2nc(Nc3ccc(Cl)c(N)c3)nc3c2CCC3)C1.Cl. The monoisotopic (exact) mass is 436 g/mol. The second-order valence-electron chi connectivity index (χ2n) is 7.50. The topological polar surface area (TPSA) is 96.2 Å². The van der Waals surface area contributed by atoms with E-state index in [1.807, 2.05) is 6.07 Å². The Labute approximate surface area is 181 Å². The molecule has 1 amide bonds. The molecule has 29 heavy (non-hydrogen) atoms. The van der Waals surface area contributed by atoms with Crippen LogP contribution in [-0.4, -0.2) is 35.0 Å². The molecular formula is C20H26Cl2N6O. The van der Waals surface area contributed by atoms with Gasteiger partial charge in [-0.25, -0.2) is 4.98 Å². The summed E-state index contributed by atoms with van der Waals surface area (Å²) in [5, 5.41) is 6.84. The van der Waals surface area contributed by atoms with E-state index in [0.29, 0.717) is 16.7 Å². The lowest BCUT2D eigenvalue weighted by atomic mass is 10.0. The first-order chi connectivity index (χ1) is 13.5. The minimum absolute atomic E-state index is 0. The summed E-state index contributed by atoms with van der Waals surface area (Å²) in [6.07, 6.45) is 5.08. The molecule has 0 bridgehead atoms. The van der Waals surface area contributed by atoms with Crippen molar-refractivity contribution < 1.29 is 4.79 Å². The van der Waals surface area contributed by atoms with Gasteiger partial charge < -0.3 is 21.3 Å². The molecule has 1 aromatic carbocycles. The number of aromatic nitrogens is 2. The first-order valence-electron chi connectivity index (χ1n) is 9.73. The summed E-state index contributed by atoms with van der Waals surface area (Å²) in [5.41, 5.74) is 9.58. The molecule has 1 aromatic heterocycles. The Hall–Kier alpha value is -2.25. The highest BCUT2D eigenvalue weighted by Crippen LogP contribution is 2.32. The van der Waals surface area contributed by atoms with Crippen molar-refractivity contribution in [2.45, 2.75) is 45.1 Å². The van der Waals surface area contributed by atoms with Gasteiger partial charge in [-0.15, -0.1) is 12.4 Å². The van der Waals surface area contributed by atoms with Gasteiger partial charge in [-0.3, -0.25) is 4.79 Å². The fourth-order valence-corrected chi connectivity index (χ4v) is 4.17. The standard InChI is InChI=1S/C20H25ClN6O.ClH/c1-12(28)23-14-4-3-9-27(11-14)19-15-5-2-6-18(15)25-20(26-19)24-13-7-8-16(21)17(22)10-13;/h7-8,10,14H,2-6,9,11,22H2,1H3,(H,23,28)(H,24,25,26);1H/t14-;/m1./s1. The molecule has 0 unspecified atom stereocenters. The molecule has 1 aliphatic heterocycles. The number of rotatable bonds is 4. The number of aryl methyl sites for hydroxylation is 1. The van der Waals surface area contributed by atoms with Crippen molar-refractivity contribution in [1.29, 1.82) is 0 Å². The Balaban J connectivity index is 0.00000240. The van der Waals surface area contributed by atoms with Crippen LogP contribution < -0.4 is 21.3 Å². The van der Waals surface area contributed by atoms with Gasteiger partial charge in [0.15, 0.2) is 0 Å². The number of fused-ring (bicyclic) bond motifs is 1. The summed E-state index contributed by atoms with van der Waals surface area (Å²) < 4.78 is 0. The van der Waals surface area contributed by atoms with Gasteiger partial charge in [0.05, 0.1) is 16.4 Å². The van der Waals surface area contributed by atoms with Gasteiger partial charge in [-0.2, -0.15) is 4.98 Å². The number of hydrogen-bond acceptors (Lipinski definition) is 6. The van der Waals surface area contributed by atoms with Gasteiger partial charge in [-0.1, -0.05) is 11.6 Å². The maximum absolute atomic E-state index is 11.5. The molecule has 0 radical (unpaired) electrons. The number of halogens is 2. The van der Waals surface area contributed by atoms with Crippen LogP contribution in [0.25, 0.3) is 0 Å². The molecule has 7 nitrogen and oxygen atoms in total. The summed E-state index contributed by atoms with van der Waals surface area (Å²) >= 11 is 6.02. The molecule has 1 atom stereocenters. The predicted molar refractivity (Wildman–Crippen MR) is 120 cm³/mol. The Morgan fingerprint density at radius 2 is 2.10 bits per heavy atom. The van der Waals surface area contributed by atoms with Crippen LogP contribution >= 0.6 is 24.0 Å². The Morgan fingerprint density at radius 3 is 2.86 bits per heavy atom. The highest BCUT2D eigenvalue weighted by molar-refractivity contribution is 6.33. The maximum Gasteiger partial charge on any atom is 0.229 e. The van der Waals surface area contributed by atoms with E-state index >= 15 is 0 Å². The molecule has 1 saturated heterocycles. The van der Waals surface area contributed by atoms with Gasteiger partial charge in [0, 0.05) is 37.3 Å². The second-order valence-corrected chi connectivity index (χ2v) is 7.90. The van der Waals surface area contributed by atoms with Gasteiger partial charge in [0.1, 0.15) is 5.82 Å². The molecule has 0 saturated carbocycles. The van der Waals surface area contributed by atoms with E-state index in [4.69, 9.17) is 27.3 Å². The zero-order valence-electron chi connectivity index (χ0n) is 16.4. The van der Waals surface area contributed by atoms with Crippen molar-refractivity contribution >= 4 is 53.1 Å². The van der Waals surface area contributed by atoms with Crippen molar-refractivity contribution in [3.8, 4) is 0 Å². The Kier molecular flexibility index (Phi) is 6.70. The largest absolute Gasteiger partial charge is 0.397 e. The highest BCUT2D eigenvalue weighted by atomic mass is 35.5. The van der Waals surface area contributed by atoms with Crippen molar-refractivity contribution in [2.75, 3.05) is 29.0 Å². The smallest absolute Gasteiger partial charge is 0.229 e. The Bertz CT molecular complexity index is 907. The number of piperidine rings is 1. The fraction of sp³-hybridized carbons (Fsp3) is 0.450. The minimum Gasteiger partial charge on any atom is -0.397 e. The number of amides is 1. The van der Waals surface area contributed by atoms with Crippen LogP contribution in [0.4, 0.5) is 23.1 Å². The van der Waals surface area contributed by atoms with Crippen molar-refractivity contribution in [1.82, 2.24) is 15.3 Å². The van der Waals surface area contributed by atoms with Crippen LogP contribution in [0.15, 0.2) is 18.2 Å². The first kappa shape index (κ1) is 21.5. The molecule has 2 heterocycles. The number of nitrogens with one attached hydrogen (secondary N) is 2. The molecule has 4 rings (SSSR count). The third-order valence-electron chi connectivity index (χ3n) is 5.29. The van der Waals surface area contributed by atoms with E-state index < -0.39 is 0 Å². The predicted octanol–water partition coefficient (Wildman–Crippen LogP) is 3.47. The molecule has 1 aliphatic carbocycles. The summed E-state index contributed by atoms with van der Waals surface area (Å²) in [6, 6.07) is 5.57. The van der Waals surface area contributed by atoms with Crippen LogP contribution in [0.5, 0.6) is 0 Å². The van der Waals surface area contributed by atoms with Crippen LogP contribution in [0, 0.1) is 0 Å². The number of nitrogen functional groups attached to an aromatic ring is 1. The van der Waals surface area contributed by atoms with Crippen LogP contribution in [-0.2, 0) is 17.6 Å². The summed E-state index contributed by atoms with van der Waals surface area (Å²) in [5.74, 6) is 1.57. The third kappa shape index (κ3) is 4.85. The van der Waals surface area contributed by atoms with E-state index in [1.54, 1.807) is 19.1 Å². The number of nitrogens with zero attached hydrogens (tertiary/aromatic N) is 3. The normalized spacial score (nSPS) is 18.0. The number of nitrogens with two attached hydrogens (primary N) is 1. The lowest BCUT2D eigenvalue weighted by Gasteiger charge is -2.35. The third-order valence-corrected chi connectivity index (χ3v) is 5.64. The second kappa shape index (κ2) is 9.05. The van der Waals surface area contributed by atoms with E-state index in [-0.39, 0.29) is 24.4 Å². The van der Waals surface area contributed by atoms with E-state index in [2.05, 4.69) is 15.5 Å².